The van der Waals surface area contributed by atoms with Crippen molar-refractivity contribution < 1.29 is 9.53 Å². The zero-order chi connectivity index (χ0) is 14.1. The van der Waals surface area contributed by atoms with Crippen molar-refractivity contribution in [2.75, 3.05) is 18.9 Å². The highest BCUT2D eigenvalue weighted by Crippen LogP contribution is 2.30. The molecule has 1 saturated heterocycles. The van der Waals surface area contributed by atoms with Crippen LogP contribution in [0.2, 0.25) is 0 Å². The quantitative estimate of drug-likeness (QED) is 0.801. The van der Waals surface area contributed by atoms with Crippen LogP contribution in [0.15, 0.2) is 22.7 Å². The van der Waals surface area contributed by atoms with E-state index in [4.69, 9.17) is 10.5 Å². The number of carbonyl (C=O) groups excluding carboxylic acids is 1. The van der Waals surface area contributed by atoms with E-state index >= 15 is 0 Å². The van der Waals surface area contributed by atoms with Gasteiger partial charge in [0.05, 0.1) is 18.8 Å². The van der Waals surface area contributed by atoms with Gasteiger partial charge >= 0.3 is 0 Å². The number of amides is 1. The van der Waals surface area contributed by atoms with Crippen LogP contribution >= 0.6 is 15.9 Å². The second kappa shape index (κ2) is 5.74. The SMILES string of the molecule is Nc1ccc(C(=O)N2CCOC3CCCCC32)cc1Br. The Morgan fingerprint density at radius 3 is 2.95 bits per heavy atom. The Kier molecular flexibility index (Phi) is 3.98. The number of hydrogen-bond donors (Lipinski definition) is 1. The summed E-state index contributed by atoms with van der Waals surface area (Å²) in [7, 11) is 0. The van der Waals surface area contributed by atoms with Crippen molar-refractivity contribution in [3.05, 3.63) is 28.2 Å². The average molecular weight is 339 g/mol. The van der Waals surface area contributed by atoms with Gasteiger partial charge in [-0.1, -0.05) is 12.8 Å². The van der Waals surface area contributed by atoms with Gasteiger partial charge < -0.3 is 15.4 Å². The maximum atomic E-state index is 12.7. The summed E-state index contributed by atoms with van der Waals surface area (Å²) in [6.07, 6.45) is 4.72. The number of anilines is 1. The lowest BCUT2D eigenvalue weighted by Crippen LogP contribution is -2.54. The summed E-state index contributed by atoms with van der Waals surface area (Å²) in [5.74, 6) is 0.0888. The molecule has 2 fully saturated rings. The van der Waals surface area contributed by atoms with E-state index in [2.05, 4.69) is 15.9 Å². The van der Waals surface area contributed by atoms with Crippen molar-refractivity contribution in [1.82, 2.24) is 4.90 Å². The molecule has 2 atom stereocenters. The summed E-state index contributed by atoms with van der Waals surface area (Å²) < 4.78 is 6.59. The average Bonchev–Trinajstić information content (AvgIpc) is 2.49. The van der Waals surface area contributed by atoms with Gasteiger partial charge in [0.15, 0.2) is 0 Å². The number of carbonyl (C=O) groups is 1. The van der Waals surface area contributed by atoms with Crippen LogP contribution in [0.3, 0.4) is 0 Å². The summed E-state index contributed by atoms with van der Waals surface area (Å²) >= 11 is 3.39. The maximum Gasteiger partial charge on any atom is 0.254 e. The summed E-state index contributed by atoms with van der Waals surface area (Å²) in [5.41, 5.74) is 7.13. The molecule has 1 saturated carbocycles. The molecule has 108 valence electrons. The Balaban J connectivity index is 1.83. The predicted molar refractivity (Wildman–Crippen MR) is 81.6 cm³/mol. The summed E-state index contributed by atoms with van der Waals surface area (Å²) in [4.78, 5) is 14.7. The van der Waals surface area contributed by atoms with Crippen molar-refractivity contribution in [1.29, 1.82) is 0 Å². The van der Waals surface area contributed by atoms with Gasteiger partial charge in [0.25, 0.3) is 5.91 Å². The summed E-state index contributed by atoms with van der Waals surface area (Å²) in [5, 5.41) is 0. The molecule has 4 nitrogen and oxygen atoms in total. The van der Waals surface area contributed by atoms with Gasteiger partial charge in [-0.05, 0) is 47.0 Å². The highest BCUT2D eigenvalue weighted by atomic mass is 79.9. The second-order valence-electron chi connectivity index (χ2n) is 5.50. The molecular weight excluding hydrogens is 320 g/mol. The molecule has 1 aliphatic heterocycles. The minimum Gasteiger partial charge on any atom is -0.398 e. The molecule has 1 aromatic carbocycles. The molecule has 3 rings (SSSR count). The lowest BCUT2D eigenvalue weighted by atomic mass is 9.89. The number of benzene rings is 1. The molecule has 0 spiro atoms. The number of halogens is 1. The fourth-order valence-electron chi connectivity index (χ4n) is 3.17. The Morgan fingerprint density at radius 2 is 2.15 bits per heavy atom. The lowest BCUT2D eigenvalue weighted by Gasteiger charge is -2.43. The Hall–Kier alpha value is -1.07. The first-order valence-electron chi connectivity index (χ1n) is 7.14. The van der Waals surface area contributed by atoms with Gasteiger partial charge in [0.2, 0.25) is 0 Å². The summed E-state index contributed by atoms with van der Waals surface area (Å²) in [6, 6.07) is 5.62. The molecule has 1 amide bonds. The Labute approximate surface area is 127 Å². The molecule has 2 unspecified atom stereocenters. The third kappa shape index (κ3) is 2.56. The van der Waals surface area contributed by atoms with E-state index in [1.165, 1.54) is 12.8 Å². The number of ether oxygens (including phenoxy) is 1. The third-order valence-electron chi connectivity index (χ3n) is 4.24. The number of nitrogens with zero attached hydrogens (tertiary/aromatic N) is 1. The molecule has 20 heavy (non-hydrogen) atoms. The largest absolute Gasteiger partial charge is 0.398 e. The van der Waals surface area contributed by atoms with Crippen LogP contribution in [-0.2, 0) is 4.74 Å². The van der Waals surface area contributed by atoms with Crippen LogP contribution in [0.25, 0.3) is 0 Å². The second-order valence-corrected chi connectivity index (χ2v) is 6.35. The van der Waals surface area contributed by atoms with Crippen molar-refractivity contribution >= 4 is 27.5 Å². The molecule has 5 heteroatoms. The topological polar surface area (TPSA) is 55.6 Å². The molecule has 2 aliphatic rings. The predicted octanol–water partition coefficient (Wildman–Crippen LogP) is 2.81. The van der Waals surface area contributed by atoms with Gasteiger partial charge in [0, 0.05) is 22.3 Å². The van der Waals surface area contributed by atoms with Crippen LogP contribution in [0.4, 0.5) is 5.69 Å². The van der Waals surface area contributed by atoms with Crippen molar-refractivity contribution in [2.45, 2.75) is 37.8 Å². The fraction of sp³-hybridized carbons (Fsp3) is 0.533. The van der Waals surface area contributed by atoms with Gasteiger partial charge in [-0.25, -0.2) is 0 Å². The molecule has 0 radical (unpaired) electrons. The van der Waals surface area contributed by atoms with E-state index in [0.29, 0.717) is 24.4 Å². The van der Waals surface area contributed by atoms with Crippen LogP contribution in [0, 0.1) is 0 Å². The zero-order valence-electron chi connectivity index (χ0n) is 11.3. The standard InChI is InChI=1S/C15H19BrN2O2/c16-11-9-10(5-6-12(11)17)15(19)18-7-8-20-14-4-2-1-3-13(14)18/h5-6,9,13-14H,1-4,7-8,17H2. The number of nitrogens with two attached hydrogens (primary N) is 1. The van der Waals surface area contributed by atoms with Crippen molar-refractivity contribution in [2.24, 2.45) is 0 Å². The zero-order valence-corrected chi connectivity index (χ0v) is 12.9. The number of nitrogen functional groups attached to an aromatic ring is 1. The van der Waals surface area contributed by atoms with E-state index in [1.807, 2.05) is 11.0 Å². The fourth-order valence-corrected chi connectivity index (χ4v) is 3.55. The number of hydrogen-bond acceptors (Lipinski definition) is 3. The monoisotopic (exact) mass is 338 g/mol. The van der Waals surface area contributed by atoms with E-state index in [1.54, 1.807) is 12.1 Å². The normalized spacial score (nSPS) is 26.1. The van der Waals surface area contributed by atoms with Gasteiger partial charge in [0.1, 0.15) is 0 Å². The summed E-state index contributed by atoms with van der Waals surface area (Å²) in [6.45, 7) is 1.32. The van der Waals surface area contributed by atoms with Crippen LogP contribution in [0.1, 0.15) is 36.0 Å². The maximum absolute atomic E-state index is 12.7. The first-order chi connectivity index (χ1) is 9.66. The molecule has 2 N–H and O–H groups in total. The molecule has 0 aromatic heterocycles. The van der Waals surface area contributed by atoms with Crippen LogP contribution in [-0.4, -0.2) is 36.1 Å². The molecule has 1 heterocycles. The Bertz CT molecular complexity index is 519. The van der Waals surface area contributed by atoms with Gasteiger partial charge in [-0.15, -0.1) is 0 Å². The van der Waals surface area contributed by atoms with E-state index < -0.39 is 0 Å². The molecule has 1 aromatic rings. The van der Waals surface area contributed by atoms with E-state index in [-0.39, 0.29) is 18.1 Å². The van der Waals surface area contributed by atoms with Crippen LogP contribution < -0.4 is 5.73 Å². The van der Waals surface area contributed by atoms with Gasteiger partial charge in [-0.3, -0.25) is 4.79 Å². The van der Waals surface area contributed by atoms with E-state index in [9.17, 15) is 4.79 Å². The number of rotatable bonds is 1. The van der Waals surface area contributed by atoms with Crippen molar-refractivity contribution in [3.8, 4) is 0 Å². The minimum atomic E-state index is 0.0888. The van der Waals surface area contributed by atoms with Crippen molar-refractivity contribution in [3.63, 3.8) is 0 Å². The highest BCUT2D eigenvalue weighted by Gasteiger charge is 2.36. The Morgan fingerprint density at radius 1 is 1.35 bits per heavy atom. The smallest absolute Gasteiger partial charge is 0.254 e. The minimum absolute atomic E-state index is 0.0888. The highest BCUT2D eigenvalue weighted by molar-refractivity contribution is 9.10. The number of fused-ring (bicyclic) bond motifs is 1. The first kappa shape index (κ1) is 13.9. The molecule has 0 bridgehead atoms. The number of morpholine rings is 1. The lowest BCUT2D eigenvalue weighted by molar-refractivity contribution is -0.0752. The van der Waals surface area contributed by atoms with E-state index in [0.717, 1.165) is 17.3 Å². The first-order valence-corrected chi connectivity index (χ1v) is 7.94. The van der Waals surface area contributed by atoms with Gasteiger partial charge in [-0.2, -0.15) is 0 Å². The third-order valence-corrected chi connectivity index (χ3v) is 4.93. The van der Waals surface area contributed by atoms with Crippen LogP contribution in [0.5, 0.6) is 0 Å². The molecule has 1 aliphatic carbocycles. The molecular formula is C15H19BrN2O2.